The average Bonchev–Trinajstić information content (AvgIpc) is 3.10. The van der Waals surface area contributed by atoms with Crippen LogP contribution in [0.2, 0.25) is 5.02 Å². The van der Waals surface area contributed by atoms with Crippen LogP contribution in [0, 0.1) is 9.81 Å². The summed E-state index contributed by atoms with van der Waals surface area (Å²) in [6.45, 7) is 2.00. The van der Waals surface area contributed by atoms with Crippen molar-refractivity contribution in [1.29, 1.82) is 0 Å². The van der Waals surface area contributed by atoms with Crippen molar-refractivity contribution in [3.8, 4) is 0 Å². The zero-order valence-electron chi connectivity index (χ0n) is 17.8. The van der Waals surface area contributed by atoms with Crippen LogP contribution in [0.1, 0.15) is 37.0 Å². The molecule has 1 fully saturated rings. The van der Waals surface area contributed by atoms with Crippen LogP contribution in [0.4, 0.5) is 0 Å². The molecule has 0 amide bonds. The first-order valence-corrected chi connectivity index (χ1v) is 11.0. The highest BCUT2D eigenvalue weighted by atomic mass is 35.5. The molecule has 0 radical (unpaired) electrons. The topological polar surface area (TPSA) is 118 Å². The Morgan fingerprint density at radius 1 is 1.19 bits per heavy atom. The lowest BCUT2D eigenvalue weighted by Crippen LogP contribution is -2.38. The zero-order valence-corrected chi connectivity index (χ0v) is 18.5. The number of aliphatic hydroxyl groups excluding tert-OH is 2. The molecule has 2 aliphatic rings. The van der Waals surface area contributed by atoms with E-state index in [1.807, 2.05) is 31.2 Å². The Labute approximate surface area is 191 Å². The van der Waals surface area contributed by atoms with Gasteiger partial charge in [-0.2, -0.15) is 9.81 Å². The first-order chi connectivity index (χ1) is 15.5. The average molecular weight is 463 g/mol. The van der Waals surface area contributed by atoms with Crippen molar-refractivity contribution in [2.45, 2.75) is 56.6 Å². The number of halogens is 1. The minimum Gasteiger partial charge on any atom is -0.494 e. The van der Waals surface area contributed by atoms with Gasteiger partial charge >= 0.3 is 0 Å². The molecule has 1 aliphatic carbocycles. The minimum absolute atomic E-state index is 0.0763. The van der Waals surface area contributed by atoms with Gasteiger partial charge in [-0.05, 0) is 54.7 Å². The molecule has 2 N–H and O–H groups in total. The molecule has 1 aliphatic heterocycles. The summed E-state index contributed by atoms with van der Waals surface area (Å²) in [6, 6.07) is 3.22. The summed E-state index contributed by atoms with van der Waals surface area (Å²) in [7, 11) is 0. The van der Waals surface area contributed by atoms with Gasteiger partial charge in [0.05, 0.1) is 13.2 Å². The fourth-order valence-electron chi connectivity index (χ4n) is 3.96. The molecule has 32 heavy (non-hydrogen) atoms. The molecule has 0 spiro atoms. The van der Waals surface area contributed by atoms with Crippen LogP contribution in [0.3, 0.4) is 0 Å². The Balaban J connectivity index is 1.86. The van der Waals surface area contributed by atoms with Gasteiger partial charge in [0.2, 0.25) is 0 Å². The standard InChI is InChI=1S/C23H27ClN2O6/c1-2-31-17-5-3-4-14(6-8-17)10-16-11-15(7-9-18(16)24)23-20(26-30)12-19(25-29)22(28)21(13-27)32-23/h4-9,11,19-23,27-28H,2-3,10,12-13H2,1H3/t19-,20+,21?,22?,23?/m1/s1. The second-order valence-corrected chi connectivity index (χ2v) is 8.17. The first kappa shape index (κ1) is 24.3. The quantitative estimate of drug-likeness (QED) is 0.560. The molecule has 3 unspecified atom stereocenters. The SMILES string of the molecule is CCOC1=CCC=C(Cc2cc(C3OC(CO)C(O)[C@H](N=O)C[C@@H]3N=O)ccc2Cl)C=C1. The van der Waals surface area contributed by atoms with Crippen LogP contribution in [0.15, 0.2) is 64.2 Å². The van der Waals surface area contributed by atoms with Gasteiger partial charge in [-0.1, -0.05) is 46.2 Å². The lowest BCUT2D eigenvalue weighted by molar-refractivity contribution is -0.0939. The van der Waals surface area contributed by atoms with Crippen LogP contribution < -0.4 is 0 Å². The van der Waals surface area contributed by atoms with Crippen molar-refractivity contribution in [2.75, 3.05) is 13.2 Å². The number of aliphatic hydroxyl groups is 2. The van der Waals surface area contributed by atoms with Crippen LogP contribution in [-0.2, 0) is 15.9 Å². The largest absolute Gasteiger partial charge is 0.494 e. The summed E-state index contributed by atoms with van der Waals surface area (Å²) in [4.78, 5) is 22.7. The monoisotopic (exact) mass is 462 g/mol. The third kappa shape index (κ3) is 5.69. The molecular weight excluding hydrogens is 436 g/mol. The molecule has 1 aromatic carbocycles. The number of benzene rings is 1. The summed E-state index contributed by atoms with van der Waals surface area (Å²) in [6.07, 6.45) is 5.94. The molecule has 0 saturated carbocycles. The number of rotatable bonds is 8. The minimum atomic E-state index is -1.33. The van der Waals surface area contributed by atoms with E-state index in [1.165, 1.54) is 0 Å². The highest BCUT2D eigenvalue weighted by Gasteiger charge is 2.41. The molecular formula is C23H27ClN2O6. The van der Waals surface area contributed by atoms with Crippen LogP contribution >= 0.6 is 11.6 Å². The van der Waals surface area contributed by atoms with Crippen molar-refractivity contribution in [3.63, 3.8) is 0 Å². The van der Waals surface area contributed by atoms with Gasteiger partial charge in [-0.3, -0.25) is 0 Å². The van der Waals surface area contributed by atoms with Gasteiger partial charge in [0.25, 0.3) is 0 Å². The van der Waals surface area contributed by atoms with Gasteiger partial charge in [-0.25, -0.2) is 0 Å². The smallest absolute Gasteiger partial charge is 0.124 e. The Bertz CT molecular complexity index is 916. The molecule has 9 heteroatoms. The van der Waals surface area contributed by atoms with Crippen LogP contribution in [0.5, 0.6) is 0 Å². The van der Waals surface area contributed by atoms with E-state index in [0.29, 0.717) is 23.6 Å². The highest BCUT2D eigenvalue weighted by Crippen LogP contribution is 2.36. The molecule has 8 nitrogen and oxygen atoms in total. The second kappa shape index (κ2) is 11.5. The normalized spacial score (nSPS) is 28.2. The fourth-order valence-corrected chi connectivity index (χ4v) is 4.14. The number of allylic oxidation sites excluding steroid dienone is 5. The van der Waals surface area contributed by atoms with E-state index in [4.69, 9.17) is 21.1 Å². The van der Waals surface area contributed by atoms with Gasteiger partial charge < -0.3 is 19.7 Å². The first-order valence-electron chi connectivity index (χ1n) is 10.6. The lowest BCUT2D eigenvalue weighted by atomic mass is 9.94. The predicted octanol–water partition coefficient (Wildman–Crippen LogP) is 4.14. The number of nitroso groups, excluding NO2 is 2. The zero-order chi connectivity index (χ0) is 23.1. The molecule has 3 rings (SSSR count). The maximum Gasteiger partial charge on any atom is 0.124 e. The number of nitrogens with zero attached hydrogens (tertiary/aromatic N) is 2. The molecule has 0 bridgehead atoms. The number of ether oxygens (including phenoxy) is 2. The van der Waals surface area contributed by atoms with Crippen LogP contribution in [0.25, 0.3) is 0 Å². The summed E-state index contributed by atoms with van der Waals surface area (Å²) in [5.41, 5.74) is 2.50. The molecule has 1 saturated heterocycles. The van der Waals surface area contributed by atoms with Gasteiger partial charge in [0.15, 0.2) is 0 Å². The van der Waals surface area contributed by atoms with E-state index in [9.17, 15) is 20.0 Å². The van der Waals surface area contributed by atoms with Crippen molar-refractivity contribution < 1.29 is 19.7 Å². The van der Waals surface area contributed by atoms with Gasteiger partial charge in [0.1, 0.15) is 36.2 Å². The fraction of sp³-hybridized carbons (Fsp3) is 0.478. The van der Waals surface area contributed by atoms with Gasteiger partial charge in [0, 0.05) is 11.4 Å². The van der Waals surface area contributed by atoms with Crippen LogP contribution in [-0.4, -0.2) is 47.7 Å². The number of hydrogen-bond donors (Lipinski definition) is 2. The molecule has 5 atom stereocenters. The van der Waals surface area contributed by atoms with Crippen molar-refractivity contribution in [2.24, 2.45) is 10.4 Å². The summed E-state index contributed by atoms with van der Waals surface area (Å²) in [5.74, 6) is 0.817. The second-order valence-electron chi connectivity index (χ2n) is 7.76. The maximum atomic E-state index is 11.6. The molecule has 1 heterocycles. The molecule has 0 aromatic heterocycles. The summed E-state index contributed by atoms with van der Waals surface area (Å²) >= 11 is 6.45. The number of hydrogen-bond acceptors (Lipinski definition) is 8. The summed E-state index contributed by atoms with van der Waals surface area (Å²) < 4.78 is 11.4. The highest BCUT2D eigenvalue weighted by molar-refractivity contribution is 6.31. The Morgan fingerprint density at radius 3 is 2.66 bits per heavy atom. The van der Waals surface area contributed by atoms with E-state index in [1.54, 1.807) is 12.1 Å². The van der Waals surface area contributed by atoms with Crippen molar-refractivity contribution in [3.05, 3.63) is 79.8 Å². The predicted molar refractivity (Wildman–Crippen MR) is 121 cm³/mol. The summed E-state index contributed by atoms with van der Waals surface area (Å²) in [5, 5.41) is 26.5. The third-order valence-corrected chi connectivity index (χ3v) is 6.01. The van der Waals surface area contributed by atoms with Crippen molar-refractivity contribution in [1.82, 2.24) is 0 Å². The van der Waals surface area contributed by atoms with Gasteiger partial charge in [-0.15, -0.1) is 0 Å². The Hall–Kier alpha value is -2.39. The maximum absolute atomic E-state index is 11.6. The van der Waals surface area contributed by atoms with E-state index < -0.39 is 37.0 Å². The van der Waals surface area contributed by atoms with E-state index in [0.717, 1.165) is 23.3 Å². The lowest BCUT2D eigenvalue weighted by Gasteiger charge is -2.25. The van der Waals surface area contributed by atoms with E-state index in [-0.39, 0.29) is 6.42 Å². The molecule has 1 aromatic rings. The van der Waals surface area contributed by atoms with E-state index in [2.05, 4.69) is 16.4 Å². The molecule has 172 valence electrons. The third-order valence-electron chi connectivity index (χ3n) is 5.64. The van der Waals surface area contributed by atoms with E-state index >= 15 is 0 Å². The van der Waals surface area contributed by atoms with Crippen molar-refractivity contribution >= 4 is 11.6 Å². The Kier molecular flexibility index (Phi) is 8.69. The Morgan fingerprint density at radius 2 is 1.97 bits per heavy atom.